The van der Waals surface area contributed by atoms with Crippen LogP contribution in [0.2, 0.25) is 0 Å². The van der Waals surface area contributed by atoms with Crippen LogP contribution >= 0.6 is 11.3 Å². The molecule has 0 amide bonds. The lowest BCUT2D eigenvalue weighted by Gasteiger charge is -2.35. The van der Waals surface area contributed by atoms with Gasteiger partial charge in [-0.15, -0.1) is 11.3 Å². The molecule has 4 heteroatoms. The van der Waals surface area contributed by atoms with Crippen LogP contribution in [0.15, 0.2) is 6.20 Å². The van der Waals surface area contributed by atoms with Gasteiger partial charge >= 0.3 is 0 Å². The van der Waals surface area contributed by atoms with Gasteiger partial charge in [0, 0.05) is 29.7 Å². The number of rotatable bonds is 3. The van der Waals surface area contributed by atoms with E-state index in [1.54, 1.807) is 0 Å². The normalized spacial score (nSPS) is 29.5. The largest absolute Gasteiger partial charge is 0.308 e. The third-order valence-electron chi connectivity index (χ3n) is 4.03. The lowest BCUT2D eigenvalue weighted by molar-refractivity contribution is 0.166. The van der Waals surface area contributed by atoms with E-state index in [0.717, 1.165) is 12.6 Å². The number of fused-ring (bicyclic) bond motifs is 1. The highest BCUT2D eigenvalue weighted by Gasteiger charge is 2.31. The number of thiazole rings is 1. The van der Waals surface area contributed by atoms with Crippen molar-refractivity contribution in [2.45, 2.75) is 51.2 Å². The van der Waals surface area contributed by atoms with Gasteiger partial charge in [0.25, 0.3) is 0 Å². The van der Waals surface area contributed by atoms with Crippen molar-refractivity contribution in [2.75, 3.05) is 13.1 Å². The molecule has 0 aliphatic carbocycles. The second-order valence-electron chi connectivity index (χ2n) is 5.30. The summed E-state index contributed by atoms with van der Waals surface area (Å²) in [6.07, 6.45) is 7.43. The van der Waals surface area contributed by atoms with Gasteiger partial charge < -0.3 is 10.2 Å². The Morgan fingerprint density at radius 2 is 2.41 bits per heavy atom. The smallest absolute Gasteiger partial charge is 0.107 e. The minimum atomic E-state index is 0.707. The Morgan fingerprint density at radius 1 is 1.47 bits per heavy atom. The summed E-state index contributed by atoms with van der Waals surface area (Å²) in [5.41, 5.74) is 0. The summed E-state index contributed by atoms with van der Waals surface area (Å²) in [6.45, 7) is 5.70. The molecular weight excluding hydrogens is 230 g/mol. The fourth-order valence-corrected chi connectivity index (χ4v) is 3.86. The van der Waals surface area contributed by atoms with Crippen molar-refractivity contribution in [1.82, 2.24) is 15.2 Å². The van der Waals surface area contributed by atoms with E-state index in [-0.39, 0.29) is 0 Å². The summed E-state index contributed by atoms with van der Waals surface area (Å²) < 4.78 is 0. The monoisotopic (exact) mass is 251 g/mol. The first-order valence-corrected chi connectivity index (χ1v) is 7.51. The maximum Gasteiger partial charge on any atom is 0.107 e. The predicted molar refractivity (Wildman–Crippen MR) is 71.3 cm³/mol. The molecule has 2 fully saturated rings. The highest BCUT2D eigenvalue weighted by molar-refractivity contribution is 7.11. The highest BCUT2D eigenvalue weighted by Crippen LogP contribution is 2.27. The van der Waals surface area contributed by atoms with Gasteiger partial charge in [-0.1, -0.05) is 0 Å². The Kier molecular flexibility index (Phi) is 3.45. The van der Waals surface area contributed by atoms with Crippen molar-refractivity contribution in [3.8, 4) is 0 Å². The van der Waals surface area contributed by atoms with Crippen LogP contribution in [0.3, 0.4) is 0 Å². The molecule has 0 spiro atoms. The summed E-state index contributed by atoms with van der Waals surface area (Å²) in [5.74, 6) is 0. The molecule has 2 aliphatic heterocycles. The average molecular weight is 251 g/mol. The van der Waals surface area contributed by atoms with E-state index < -0.39 is 0 Å². The highest BCUT2D eigenvalue weighted by atomic mass is 32.1. The second-order valence-corrected chi connectivity index (χ2v) is 6.62. The predicted octanol–water partition coefficient (Wildman–Crippen LogP) is 2.17. The van der Waals surface area contributed by atoms with Crippen LogP contribution in [0.4, 0.5) is 0 Å². The maximum atomic E-state index is 4.41. The summed E-state index contributed by atoms with van der Waals surface area (Å²) in [4.78, 5) is 8.40. The molecule has 17 heavy (non-hydrogen) atoms. The number of hydrogen-bond acceptors (Lipinski definition) is 4. The first-order valence-electron chi connectivity index (χ1n) is 6.70. The van der Waals surface area contributed by atoms with E-state index in [0.29, 0.717) is 6.04 Å². The molecule has 1 aromatic heterocycles. The molecular formula is C13H21N3S. The molecule has 0 bridgehead atoms. The molecule has 2 atom stereocenters. The van der Waals surface area contributed by atoms with E-state index >= 15 is 0 Å². The lowest BCUT2D eigenvalue weighted by atomic mass is 9.98. The Bertz CT molecular complexity index is 376. The SMILES string of the molecule is Cc1cnc(CNC2CCN3CCCC3C2)s1. The van der Waals surface area contributed by atoms with Crippen molar-refractivity contribution < 1.29 is 0 Å². The van der Waals surface area contributed by atoms with Crippen molar-refractivity contribution in [1.29, 1.82) is 0 Å². The van der Waals surface area contributed by atoms with E-state index in [4.69, 9.17) is 0 Å². The van der Waals surface area contributed by atoms with Gasteiger partial charge in [-0.3, -0.25) is 0 Å². The standard InChI is InChI=1S/C13H21N3S/c1-10-8-15-13(17-10)9-14-11-4-6-16-5-2-3-12(16)7-11/h8,11-12,14H,2-7,9H2,1H3. The van der Waals surface area contributed by atoms with Crippen LogP contribution < -0.4 is 5.32 Å². The molecule has 3 rings (SSSR count). The zero-order valence-corrected chi connectivity index (χ0v) is 11.3. The molecule has 94 valence electrons. The zero-order chi connectivity index (χ0) is 11.7. The minimum absolute atomic E-state index is 0.707. The van der Waals surface area contributed by atoms with Gasteiger partial charge in [0.1, 0.15) is 5.01 Å². The van der Waals surface area contributed by atoms with E-state index in [1.165, 1.54) is 48.7 Å². The fraction of sp³-hybridized carbons (Fsp3) is 0.769. The van der Waals surface area contributed by atoms with Gasteiger partial charge in [-0.2, -0.15) is 0 Å². The number of aryl methyl sites for hydroxylation is 1. The molecule has 2 unspecified atom stereocenters. The number of piperidine rings is 1. The minimum Gasteiger partial charge on any atom is -0.308 e. The Hall–Kier alpha value is -0.450. The van der Waals surface area contributed by atoms with Crippen LogP contribution in [0, 0.1) is 6.92 Å². The van der Waals surface area contributed by atoms with Crippen LogP contribution in [0.5, 0.6) is 0 Å². The Labute approximate surface area is 107 Å². The van der Waals surface area contributed by atoms with E-state index in [2.05, 4.69) is 22.1 Å². The van der Waals surface area contributed by atoms with Crippen LogP contribution in [0.25, 0.3) is 0 Å². The van der Waals surface area contributed by atoms with E-state index in [9.17, 15) is 0 Å². The maximum absolute atomic E-state index is 4.41. The van der Waals surface area contributed by atoms with Crippen LogP contribution in [0.1, 0.15) is 35.6 Å². The zero-order valence-electron chi connectivity index (χ0n) is 10.5. The second kappa shape index (κ2) is 5.04. The third kappa shape index (κ3) is 2.69. The van der Waals surface area contributed by atoms with Gasteiger partial charge in [-0.25, -0.2) is 4.98 Å². The summed E-state index contributed by atoms with van der Waals surface area (Å²) in [7, 11) is 0. The molecule has 1 aromatic rings. The Balaban J connectivity index is 1.49. The molecule has 3 heterocycles. The summed E-state index contributed by atoms with van der Waals surface area (Å²) in [5, 5.41) is 4.92. The van der Waals surface area contributed by atoms with Gasteiger partial charge in [0.2, 0.25) is 0 Å². The first kappa shape index (κ1) is 11.6. The Morgan fingerprint density at radius 3 is 3.24 bits per heavy atom. The summed E-state index contributed by atoms with van der Waals surface area (Å²) in [6, 6.07) is 1.57. The van der Waals surface area contributed by atoms with E-state index in [1.807, 2.05) is 17.5 Å². The number of nitrogens with one attached hydrogen (secondary N) is 1. The molecule has 0 aromatic carbocycles. The van der Waals surface area contributed by atoms with Crippen molar-refractivity contribution in [2.24, 2.45) is 0 Å². The quantitative estimate of drug-likeness (QED) is 0.892. The number of nitrogens with zero attached hydrogens (tertiary/aromatic N) is 2. The van der Waals surface area contributed by atoms with Crippen molar-refractivity contribution in [3.05, 3.63) is 16.1 Å². The average Bonchev–Trinajstić information content (AvgIpc) is 2.94. The fourth-order valence-electron chi connectivity index (χ4n) is 3.12. The summed E-state index contributed by atoms with van der Waals surface area (Å²) >= 11 is 1.81. The van der Waals surface area contributed by atoms with Gasteiger partial charge in [0.05, 0.1) is 0 Å². The molecule has 0 radical (unpaired) electrons. The van der Waals surface area contributed by atoms with Gasteiger partial charge in [0.15, 0.2) is 0 Å². The van der Waals surface area contributed by atoms with Crippen molar-refractivity contribution >= 4 is 11.3 Å². The third-order valence-corrected chi connectivity index (χ3v) is 4.94. The molecule has 2 aliphatic rings. The topological polar surface area (TPSA) is 28.2 Å². The molecule has 1 N–H and O–H groups in total. The molecule has 0 saturated carbocycles. The first-order chi connectivity index (χ1) is 8.31. The molecule has 3 nitrogen and oxygen atoms in total. The number of hydrogen-bond donors (Lipinski definition) is 1. The van der Waals surface area contributed by atoms with Gasteiger partial charge in [-0.05, 0) is 45.7 Å². The van der Waals surface area contributed by atoms with Crippen LogP contribution in [-0.2, 0) is 6.54 Å². The molecule has 2 saturated heterocycles. The van der Waals surface area contributed by atoms with Crippen LogP contribution in [-0.4, -0.2) is 35.1 Å². The van der Waals surface area contributed by atoms with Crippen molar-refractivity contribution in [3.63, 3.8) is 0 Å². The lowest BCUT2D eigenvalue weighted by Crippen LogP contribution is -2.45. The number of aromatic nitrogens is 1.